The third-order valence-electron chi connectivity index (χ3n) is 6.99. The molecule has 2 amide bonds. The van der Waals surface area contributed by atoms with E-state index in [0.29, 0.717) is 35.3 Å². The molecular weight excluding hydrogens is 434 g/mol. The largest absolute Gasteiger partial charge is 0.350 e. The Morgan fingerprint density at radius 2 is 1.45 bits per heavy atom. The molecule has 1 heterocycles. The first-order chi connectivity index (χ1) is 16.1. The second-order valence-corrected chi connectivity index (χ2v) is 9.83. The van der Waals surface area contributed by atoms with Crippen LogP contribution in [0.1, 0.15) is 71.2 Å². The van der Waals surface area contributed by atoms with Crippen molar-refractivity contribution >= 4 is 23.4 Å². The highest BCUT2D eigenvalue weighted by atomic mass is 35.5. The average Bonchev–Trinajstić information content (AvgIpc) is 3.29. The van der Waals surface area contributed by atoms with E-state index in [9.17, 15) is 9.59 Å². The van der Waals surface area contributed by atoms with Crippen LogP contribution in [0.5, 0.6) is 0 Å². The van der Waals surface area contributed by atoms with Crippen LogP contribution in [-0.2, 0) is 6.54 Å². The summed E-state index contributed by atoms with van der Waals surface area (Å²) < 4.78 is 0. The Balaban J connectivity index is 1.23. The van der Waals surface area contributed by atoms with Crippen LogP contribution in [0, 0.1) is 5.92 Å². The van der Waals surface area contributed by atoms with Gasteiger partial charge in [0.2, 0.25) is 0 Å². The molecule has 0 radical (unpaired) electrons. The van der Waals surface area contributed by atoms with Crippen LogP contribution in [0.2, 0.25) is 5.02 Å². The van der Waals surface area contributed by atoms with Gasteiger partial charge in [0.15, 0.2) is 0 Å². The molecular formula is C27H34ClN3O2. The van der Waals surface area contributed by atoms with Gasteiger partial charge in [0.05, 0.1) is 0 Å². The molecule has 0 bridgehead atoms. The predicted octanol–water partition coefficient (Wildman–Crippen LogP) is 5.04. The molecule has 2 aromatic carbocycles. The minimum absolute atomic E-state index is 0.0763. The molecule has 1 unspecified atom stereocenters. The summed E-state index contributed by atoms with van der Waals surface area (Å²) in [6.45, 7) is 3.45. The first-order valence-electron chi connectivity index (χ1n) is 12.2. The van der Waals surface area contributed by atoms with Gasteiger partial charge in [0, 0.05) is 41.8 Å². The molecule has 176 valence electrons. The van der Waals surface area contributed by atoms with E-state index in [1.54, 1.807) is 36.4 Å². The van der Waals surface area contributed by atoms with Gasteiger partial charge in [0.25, 0.3) is 11.8 Å². The number of benzene rings is 2. The Labute approximate surface area is 201 Å². The SMILES string of the molecule is O=C(NCc1ccc(Cl)cc1)c1ccc(C(=O)NCC2CCCN2CC2CCCCC2)cc1. The standard InChI is InChI=1S/C27H34ClN3O2/c28-24-14-8-20(9-15-24)17-29-26(32)22-10-12-23(13-11-22)27(33)30-18-25-7-4-16-31(25)19-21-5-2-1-3-6-21/h8-15,21,25H,1-7,16-19H2,(H,29,32)(H,30,33). The van der Waals surface area contributed by atoms with Gasteiger partial charge >= 0.3 is 0 Å². The molecule has 6 heteroatoms. The van der Waals surface area contributed by atoms with Crippen molar-refractivity contribution < 1.29 is 9.59 Å². The van der Waals surface area contributed by atoms with E-state index >= 15 is 0 Å². The monoisotopic (exact) mass is 467 g/mol. The zero-order valence-electron chi connectivity index (χ0n) is 19.2. The number of nitrogens with one attached hydrogen (secondary N) is 2. The second kappa shape index (κ2) is 11.7. The number of carbonyl (C=O) groups excluding carboxylic acids is 2. The van der Waals surface area contributed by atoms with Crippen molar-refractivity contribution in [1.82, 2.24) is 15.5 Å². The summed E-state index contributed by atoms with van der Waals surface area (Å²) in [6.07, 6.45) is 9.21. The van der Waals surface area contributed by atoms with Crippen LogP contribution in [0.3, 0.4) is 0 Å². The summed E-state index contributed by atoms with van der Waals surface area (Å²) >= 11 is 5.89. The third kappa shape index (κ3) is 6.81. The summed E-state index contributed by atoms with van der Waals surface area (Å²) in [6, 6.07) is 14.7. The zero-order chi connectivity index (χ0) is 23.0. The first kappa shape index (κ1) is 23.8. The molecule has 5 nitrogen and oxygen atoms in total. The van der Waals surface area contributed by atoms with E-state index < -0.39 is 0 Å². The van der Waals surface area contributed by atoms with Gasteiger partial charge in [-0.25, -0.2) is 0 Å². The van der Waals surface area contributed by atoms with Crippen molar-refractivity contribution in [3.63, 3.8) is 0 Å². The summed E-state index contributed by atoms with van der Waals surface area (Å²) in [4.78, 5) is 27.7. The van der Waals surface area contributed by atoms with Crippen LogP contribution >= 0.6 is 11.6 Å². The second-order valence-electron chi connectivity index (χ2n) is 9.39. The van der Waals surface area contributed by atoms with E-state index in [1.807, 2.05) is 12.1 Å². The lowest BCUT2D eigenvalue weighted by atomic mass is 9.89. The minimum atomic E-state index is -0.166. The van der Waals surface area contributed by atoms with Gasteiger partial charge < -0.3 is 10.6 Å². The number of amides is 2. The molecule has 1 aliphatic heterocycles. The van der Waals surface area contributed by atoms with Gasteiger partial charge in [0.1, 0.15) is 0 Å². The number of halogens is 1. The maximum Gasteiger partial charge on any atom is 0.251 e. The number of rotatable bonds is 8. The van der Waals surface area contributed by atoms with E-state index in [4.69, 9.17) is 11.6 Å². The van der Waals surface area contributed by atoms with Crippen molar-refractivity contribution in [2.24, 2.45) is 5.92 Å². The molecule has 1 aliphatic carbocycles. The smallest absolute Gasteiger partial charge is 0.251 e. The van der Waals surface area contributed by atoms with Crippen LogP contribution < -0.4 is 10.6 Å². The molecule has 2 fully saturated rings. The Kier molecular flexibility index (Phi) is 8.40. The third-order valence-corrected chi connectivity index (χ3v) is 7.24. The van der Waals surface area contributed by atoms with Crippen LogP contribution in [-0.4, -0.2) is 42.4 Å². The number of hydrogen-bond acceptors (Lipinski definition) is 3. The van der Waals surface area contributed by atoms with E-state index in [1.165, 1.54) is 45.1 Å². The molecule has 2 aliphatic rings. The maximum atomic E-state index is 12.7. The Morgan fingerprint density at radius 3 is 2.12 bits per heavy atom. The van der Waals surface area contributed by atoms with Crippen molar-refractivity contribution in [2.45, 2.75) is 57.5 Å². The van der Waals surface area contributed by atoms with Gasteiger partial charge in [-0.3, -0.25) is 14.5 Å². The number of likely N-dealkylation sites (tertiary alicyclic amines) is 1. The summed E-state index contributed by atoms with van der Waals surface area (Å²) in [7, 11) is 0. The summed E-state index contributed by atoms with van der Waals surface area (Å²) in [5.74, 6) is 0.585. The number of hydrogen-bond donors (Lipinski definition) is 2. The van der Waals surface area contributed by atoms with Crippen molar-refractivity contribution in [2.75, 3.05) is 19.6 Å². The lowest BCUT2D eigenvalue weighted by Crippen LogP contribution is -2.42. The molecule has 1 saturated heterocycles. The molecule has 0 aromatic heterocycles. The fourth-order valence-corrected chi connectivity index (χ4v) is 5.17. The van der Waals surface area contributed by atoms with Crippen LogP contribution in [0.15, 0.2) is 48.5 Å². The van der Waals surface area contributed by atoms with Crippen molar-refractivity contribution in [3.8, 4) is 0 Å². The van der Waals surface area contributed by atoms with Crippen molar-refractivity contribution in [3.05, 3.63) is 70.2 Å². The Bertz CT molecular complexity index is 923. The van der Waals surface area contributed by atoms with Gasteiger partial charge in [-0.15, -0.1) is 0 Å². The van der Waals surface area contributed by atoms with Crippen LogP contribution in [0.25, 0.3) is 0 Å². The topological polar surface area (TPSA) is 61.4 Å². The molecule has 1 atom stereocenters. The molecule has 1 saturated carbocycles. The number of nitrogens with zero attached hydrogens (tertiary/aromatic N) is 1. The average molecular weight is 468 g/mol. The maximum absolute atomic E-state index is 12.7. The van der Waals surface area contributed by atoms with Gasteiger partial charge in [-0.2, -0.15) is 0 Å². The van der Waals surface area contributed by atoms with E-state index in [0.717, 1.165) is 24.4 Å². The molecule has 2 N–H and O–H groups in total. The first-order valence-corrected chi connectivity index (χ1v) is 12.6. The quantitative estimate of drug-likeness (QED) is 0.571. The van der Waals surface area contributed by atoms with Crippen LogP contribution in [0.4, 0.5) is 0 Å². The zero-order valence-corrected chi connectivity index (χ0v) is 19.9. The Hall–Kier alpha value is -2.37. The molecule has 2 aromatic rings. The summed E-state index contributed by atoms with van der Waals surface area (Å²) in [5.41, 5.74) is 2.10. The molecule has 4 rings (SSSR count). The summed E-state index contributed by atoms with van der Waals surface area (Å²) in [5, 5.41) is 6.68. The Morgan fingerprint density at radius 1 is 0.818 bits per heavy atom. The highest BCUT2D eigenvalue weighted by Crippen LogP contribution is 2.27. The minimum Gasteiger partial charge on any atom is -0.350 e. The van der Waals surface area contributed by atoms with E-state index in [-0.39, 0.29) is 11.8 Å². The van der Waals surface area contributed by atoms with Gasteiger partial charge in [-0.05, 0) is 80.1 Å². The van der Waals surface area contributed by atoms with Gasteiger partial charge in [-0.1, -0.05) is 43.0 Å². The highest BCUT2D eigenvalue weighted by Gasteiger charge is 2.27. The lowest BCUT2D eigenvalue weighted by Gasteiger charge is -2.31. The highest BCUT2D eigenvalue weighted by molar-refractivity contribution is 6.30. The fourth-order valence-electron chi connectivity index (χ4n) is 5.04. The number of carbonyl (C=O) groups is 2. The molecule has 0 spiro atoms. The lowest BCUT2D eigenvalue weighted by molar-refractivity contribution is 0.0930. The molecule has 33 heavy (non-hydrogen) atoms. The van der Waals surface area contributed by atoms with Crippen molar-refractivity contribution in [1.29, 1.82) is 0 Å². The fraction of sp³-hybridized carbons (Fsp3) is 0.481. The predicted molar refractivity (Wildman–Crippen MR) is 133 cm³/mol. The normalized spacial score (nSPS) is 19.4. The van der Waals surface area contributed by atoms with E-state index in [2.05, 4.69) is 15.5 Å².